The molecule has 0 spiro atoms. The van der Waals surface area contributed by atoms with Gasteiger partial charge >= 0.3 is 0 Å². The summed E-state index contributed by atoms with van der Waals surface area (Å²) in [5, 5.41) is 20.4. The van der Waals surface area contributed by atoms with Gasteiger partial charge in [0.1, 0.15) is 0 Å². The number of Topliss-reactive ketones (excluding diaryl/α,β-unsaturated/α-hetero) is 1. The van der Waals surface area contributed by atoms with E-state index in [1.54, 1.807) is 6.20 Å². The van der Waals surface area contributed by atoms with E-state index in [9.17, 15) is 19.1 Å². The number of amides is 1. The van der Waals surface area contributed by atoms with E-state index in [-0.39, 0.29) is 59.7 Å². The lowest BCUT2D eigenvalue weighted by Gasteiger charge is -2.31. The van der Waals surface area contributed by atoms with Gasteiger partial charge in [-0.2, -0.15) is 0 Å². The maximum absolute atomic E-state index is 14.2. The number of phenolic OH excluding ortho intramolecular Hbond substituents is 1. The molecule has 2 heterocycles. The van der Waals surface area contributed by atoms with Gasteiger partial charge in [-0.15, -0.1) is 24.8 Å². The Morgan fingerprint density at radius 1 is 1.05 bits per heavy atom. The van der Waals surface area contributed by atoms with Gasteiger partial charge in [-0.3, -0.25) is 14.6 Å². The molecule has 2 aromatic carbocycles. The minimum absolute atomic E-state index is 0. The summed E-state index contributed by atoms with van der Waals surface area (Å²) in [6.45, 7) is 2.40. The number of anilines is 1. The van der Waals surface area contributed by atoms with Crippen LogP contribution in [0.4, 0.5) is 10.1 Å². The number of aromatic hydroxyl groups is 1. The van der Waals surface area contributed by atoms with E-state index >= 15 is 0 Å². The van der Waals surface area contributed by atoms with Crippen molar-refractivity contribution >= 4 is 64.7 Å². The van der Waals surface area contributed by atoms with Gasteiger partial charge in [-0.1, -0.05) is 17.7 Å². The van der Waals surface area contributed by atoms with Gasteiger partial charge in [-0.05, 0) is 87.4 Å². The zero-order valence-electron chi connectivity index (χ0n) is 21.4. The SMILES string of the molecule is CC(=O)c1cnc2ccc(-c3cc(F)c(O)c(Cl)c3)cc2c1NC1CCC(NC(=O)[C@@H]2CCCN2)CC1.Cl.Cl. The largest absolute Gasteiger partial charge is 0.504 e. The molecule has 1 saturated carbocycles. The number of carbonyl (C=O) groups excluding carboxylic acids is 2. The number of phenols is 1. The lowest BCUT2D eigenvalue weighted by Crippen LogP contribution is -2.47. The predicted octanol–water partition coefficient (Wildman–Crippen LogP) is 6.04. The van der Waals surface area contributed by atoms with Crippen LogP contribution in [-0.4, -0.2) is 46.5 Å². The van der Waals surface area contributed by atoms with Gasteiger partial charge in [0.25, 0.3) is 0 Å². The Morgan fingerprint density at radius 3 is 2.41 bits per heavy atom. The van der Waals surface area contributed by atoms with Crippen molar-refractivity contribution < 1.29 is 19.1 Å². The first-order valence-electron chi connectivity index (χ1n) is 12.7. The molecule has 0 radical (unpaired) electrons. The summed E-state index contributed by atoms with van der Waals surface area (Å²) < 4.78 is 14.2. The van der Waals surface area contributed by atoms with Crippen LogP contribution < -0.4 is 16.0 Å². The number of nitrogens with zero attached hydrogens (tertiary/aromatic N) is 1. The van der Waals surface area contributed by atoms with Crippen LogP contribution in [0.1, 0.15) is 55.8 Å². The van der Waals surface area contributed by atoms with Crippen molar-refractivity contribution in [2.75, 3.05) is 11.9 Å². The molecule has 1 atom stereocenters. The molecular formula is C28H32Cl3FN4O3. The van der Waals surface area contributed by atoms with Crippen LogP contribution in [0.2, 0.25) is 5.02 Å². The Bertz CT molecular complexity index is 1340. The second-order valence-corrected chi connectivity index (χ2v) is 10.4. The summed E-state index contributed by atoms with van der Waals surface area (Å²) in [6, 6.07) is 8.43. The Morgan fingerprint density at radius 2 is 1.77 bits per heavy atom. The Balaban J connectivity index is 0.00000210. The fourth-order valence-corrected chi connectivity index (χ4v) is 5.53. The molecule has 39 heavy (non-hydrogen) atoms. The highest BCUT2D eigenvalue weighted by atomic mass is 35.5. The standard InChI is InChI=1S/C28H30ClFN4O3.2ClH/c1-15(35)21-14-32-24-9-4-16(17-12-22(29)27(36)23(30)13-17)11-20(24)26(21)33-18-5-7-19(8-6-18)34-28(37)25-3-2-10-31-25;;/h4,9,11-14,18-19,25,31,36H,2-3,5-8,10H2,1H3,(H,32,33)(H,34,37);2*1H/t18?,19?,25-;;/m0../s1. The Kier molecular flexibility index (Phi) is 10.4. The molecule has 1 aliphatic heterocycles. The van der Waals surface area contributed by atoms with Crippen LogP contribution in [0.5, 0.6) is 5.75 Å². The first kappa shape index (κ1) is 30.9. The molecule has 1 amide bonds. The molecule has 210 valence electrons. The van der Waals surface area contributed by atoms with Crippen LogP contribution in [-0.2, 0) is 4.79 Å². The lowest BCUT2D eigenvalue weighted by atomic mass is 9.90. The number of pyridine rings is 1. The average Bonchev–Trinajstić information content (AvgIpc) is 3.43. The third-order valence-corrected chi connectivity index (χ3v) is 7.68. The lowest BCUT2D eigenvalue weighted by molar-refractivity contribution is -0.123. The van der Waals surface area contributed by atoms with Crippen LogP contribution in [0.15, 0.2) is 36.5 Å². The van der Waals surface area contributed by atoms with Crippen LogP contribution >= 0.6 is 36.4 Å². The quantitative estimate of drug-likeness (QED) is 0.259. The molecule has 1 aliphatic carbocycles. The monoisotopic (exact) mass is 596 g/mol. The van der Waals surface area contributed by atoms with Crippen molar-refractivity contribution in [2.24, 2.45) is 0 Å². The first-order valence-corrected chi connectivity index (χ1v) is 13.1. The van der Waals surface area contributed by atoms with E-state index in [1.807, 2.05) is 18.2 Å². The van der Waals surface area contributed by atoms with Crippen molar-refractivity contribution in [1.29, 1.82) is 0 Å². The molecule has 0 bridgehead atoms. The van der Waals surface area contributed by atoms with E-state index < -0.39 is 11.6 Å². The maximum Gasteiger partial charge on any atom is 0.237 e. The number of rotatable bonds is 6. The molecular weight excluding hydrogens is 566 g/mol. The van der Waals surface area contributed by atoms with Crippen molar-refractivity contribution in [3.63, 3.8) is 0 Å². The molecule has 4 N–H and O–H groups in total. The maximum atomic E-state index is 14.2. The van der Waals surface area contributed by atoms with E-state index in [4.69, 9.17) is 11.6 Å². The third-order valence-electron chi connectivity index (χ3n) is 7.40. The van der Waals surface area contributed by atoms with Crippen molar-refractivity contribution in [3.05, 3.63) is 52.9 Å². The zero-order valence-corrected chi connectivity index (χ0v) is 23.8. The summed E-state index contributed by atoms with van der Waals surface area (Å²) in [5.41, 5.74) is 3.08. The smallest absolute Gasteiger partial charge is 0.237 e. The molecule has 11 heteroatoms. The molecule has 1 aromatic heterocycles. The van der Waals surface area contributed by atoms with E-state index in [1.165, 1.54) is 19.1 Å². The molecule has 0 unspecified atom stereocenters. The second-order valence-electron chi connectivity index (χ2n) is 9.97. The number of fused-ring (bicyclic) bond motifs is 1. The number of benzene rings is 2. The molecule has 5 rings (SSSR count). The highest BCUT2D eigenvalue weighted by Gasteiger charge is 2.28. The first-order chi connectivity index (χ1) is 17.8. The van der Waals surface area contributed by atoms with E-state index in [0.29, 0.717) is 27.9 Å². The Labute approximate surface area is 244 Å². The van der Waals surface area contributed by atoms with Crippen LogP contribution in [0.25, 0.3) is 22.0 Å². The number of halogens is 4. The van der Waals surface area contributed by atoms with Crippen molar-refractivity contribution in [1.82, 2.24) is 15.6 Å². The fraction of sp³-hybridized carbons (Fsp3) is 0.393. The molecule has 3 aromatic rings. The minimum Gasteiger partial charge on any atom is -0.504 e. The van der Waals surface area contributed by atoms with Crippen LogP contribution in [0.3, 0.4) is 0 Å². The minimum atomic E-state index is -0.802. The normalized spacial score (nSPS) is 20.5. The molecule has 2 fully saturated rings. The summed E-state index contributed by atoms with van der Waals surface area (Å²) in [7, 11) is 0. The van der Waals surface area contributed by atoms with Gasteiger partial charge in [0.15, 0.2) is 17.3 Å². The van der Waals surface area contributed by atoms with E-state index in [0.717, 1.165) is 50.5 Å². The van der Waals surface area contributed by atoms with Gasteiger partial charge in [0, 0.05) is 23.7 Å². The Hall–Kier alpha value is -2.65. The highest BCUT2D eigenvalue weighted by molar-refractivity contribution is 6.32. The number of ketones is 1. The van der Waals surface area contributed by atoms with E-state index in [2.05, 4.69) is 20.9 Å². The number of carbonyl (C=O) groups is 2. The summed E-state index contributed by atoms with van der Waals surface area (Å²) in [6.07, 6.45) is 6.91. The zero-order chi connectivity index (χ0) is 26.1. The predicted molar refractivity (Wildman–Crippen MR) is 157 cm³/mol. The molecule has 7 nitrogen and oxygen atoms in total. The van der Waals surface area contributed by atoms with Gasteiger partial charge in [0.05, 0.1) is 27.8 Å². The topological polar surface area (TPSA) is 103 Å². The van der Waals surface area contributed by atoms with Gasteiger partial charge < -0.3 is 21.1 Å². The summed E-state index contributed by atoms with van der Waals surface area (Å²) >= 11 is 6.01. The average molecular weight is 598 g/mol. The van der Waals surface area contributed by atoms with Gasteiger partial charge in [0.2, 0.25) is 5.91 Å². The number of hydrogen-bond donors (Lipinski definition) is 4. The molecule has 2 aliphatic rings. The van der Waals surface area contributed by atoms with Gasteiger partial charge in [-0.25, -0.2) is 4.39 Å². The number of aromatic nitrogens is 1. The molecule has 1 saturated heterocycles. The highest BCUT2D eigenvalue weighted by Crippen LogP contribution is 2.36. The summed E-state index contributed by atoms with van der Waals surface area (Å²) in [5.74, 6) is -1.40. The van der Waals surface area contributed by atoms with Crippen molar-refractivity contribution in [3.8, 4) is 16.9 Å². The second kappa shape index (κ2) is 13.1. The van der Waals surface area contributed by atoms with Crippen molar-refractivity contribution in [2.45, 2.75) is 63.6 Å². The number of nitrogens with one attached hydrogen (secondary N) is 3. The summed E-state index contributed by atoms with van der Waals surface area (Å²) in [4.78, 5) is 29.5. The fourth-order valence-electron chi connectivity index (χ4n) is 5.32. The third kappa shape index (κ3) is 6.74. The van der Waals surface area contributed by atoms with Crippen LogP contribution in [0, 0.1) is 5.82 Å². The number of hydrogen-bond acceptors (Lipinski definition) is 6.